The maximum absolute atomic E-state index is 5.56. The number of nitrogens with two attached hydrogens (primary N) is 1. The van der Waals surface area contributed by atoms with Crippen molar-refractivity contribution in [3.05, 3.63) is 35.4 Å². The van der Waals surface area contributed by atoms with Crippen LogP contribution in [0.3, 0.4) is 0 Å². The van der Waals surface area contributed by atoms with Crippen molar-refractivity contribution in [3.8, 4) is 0 Å². The van der Waals surface area contributed by atoms with Crippen LogP contribution >= 0.6 is 0 Å². The van der Waals surface area contributed by atoms with Gasteiger partial charge in [-0.3, -0.25) is 0 Å². The van der Waals surface area contributed by atoms with Gasteiger partial charge in [0.1, 0.15) is 0 Å². The lowest BCUT2D eigenvalue weighted by atomic mass is 10.1. The van der Waals surface area contributed by atoms with Crippen molar-refractivity contribution in [1.29, 1.82) is 0 Å². The van der Waals surface area contributed by atoms with Gasteiger partial charge < -0.3 is 20.5 Å². The number of rotatable bonds is 10. The Kier molecular flexibility index (Phi) is 8.41. The van der Waals surface area contributed by atoms with Gasteiger partial charge in [-0.15, -0.1) is 0 Å². The van der Waals surface area contributed by atoms with Gasteiger partial charge in [-0.2, -0.15) is 0 Å². The number of ether oxygens (including phenoxy) is 2. The van der Waals surface area contributed by atoms with Crippen molar-refractivity contribution in [1.82, 2.24) is 5.32 Å². The van der Waals surface area contributed by atoms with Crippen molar-refractivity contribution >= 4 is 0 Å². The zero-order valence-corrected chi connectivity index (χ0v) is 12.0. The van der Waals surface area contributed by atoms with E-state index in [2.05, 4.69) is 23.5 Å². The van der Waals surface area contributed by atoms with E-state index in [0.29, 0.717) is 19.3 Å². The summed E-state index contributed by atoms with van der Waals surface area (Å²) in [5, 5.41) is 3.53. The van der Waals surface area contributed by atoms with E-state index >= 15 is 0 Å². The van der Waals surface area contributed by atoms with E-state index < -0.39 is 0 Å². The predicted molar refractivity (Wildman–Crippen MR) is 77.9 cm³/mol. The van der Waals surface area contributed by atoms with Crippen molar-refractivity contribution < 1.29 is 9.47 Å². The zero-order chi connectivity index (χ0) is 13.9. The number of methoxy groups -OCH3 is 2. The summed E-state index contributed by atoms with van der Waals surface area (Å²) >= 11 is 0. The Labute approximate surface area is 116 Å². The third-order valence-electron chi connectivity index (χ3n) is 3.12. The second-order valence-corrected chi connectivity index (χ2v) is 4.67. The Morgan fingerprint density at radius 1 is 1.16 bits per heavy atom. The quantitative estimate of drug-likeness (QED) is 0.676. The fourth-order valence-corrected chi connectivity index (χ4v) is 2.09. The summed E-state index contributed by atoms with van der Waals surface area (Å²) in [4.78, 5) is 0. The topological polar surface area (TPSA) is 56.5 Å². The number of benzene rings is 1. The van der Waals surface area contributed by atoms with Crippen LogP contribution in [0.15, 0.2) is 24.3 Å². The first-order chi connectivity index (χ1) is 9.31. The summed E-state index contributed by atoms with van der Waals surface area (Å²) < 4.78 is 10.5. The van der Waals surface area contributed by atoms with E-state index in [1.807, 2.05) is 6.07 Å². The highest BCUT2D eigenvalue weighted by atomic mass is 16.5. The summed E-state index contributed by atoms with van der Waals surface area (Å²) in [6, 6.07) is 8.68. The van der Waals surface area contributed by atoms with Gasteiger partial charge in [0.2, 0.25) is 0 Å². The van der Waals surface area contributed by atoms with Crippen LogP contribution in [-0.2, 0) is 22.6 Å². The van der Waals surface area contributed by atoms with Crippen LogP contribution in [0.2, 0.25) is 0 Å². The molecule has 4 nitrogen and oxygen atoms in total. The average molecular weight is 266 g/mol. The highest BCUT2D eigenvalue weighted by Crippen LogP contribution is 2.10. The number of hydrogen-bond donors (Lipinski definition) is 2. The van der Waals surface area contributed by atoms with Crippen LogP contribution in [-0.4, -0.2) is 33.4 Å². The molecular weight excluding hydrogens is 240 g/mol. The van der Waals surface area contributed by atoms with Crippen molar-refractivity contribution in [2.24, 2.45) is 5.73 Å². The van der Waals surface area contributed by atoms with Gasteiger partial charge >= 0.3 is 0 Å². The molecule has 1 rings (SSSR count). The molecule has 19 heavy (non-hydrogen) atoms. The van der Waals surface area contributed by atoms with Gasteiger partial charge in [0, 0.05) is 26.8 Å². The second-order valence-electron chi connectivity index (χ2n) is 4.67. The van der Waals surface area contributed by atoms with Gasteiger partial charge in [0.15, 0.2) is 0 Å². The van der Waals surface area contributed by atoms with Crippen LogP contribution in [0.1, 0.15) is 24.0 Å². The van der Waals surface area contributed by atoms with Crippen LogP contribution in [0.4, 0.5) is 0 Å². The molecule has 0 aromatic heterocycles. The first kappa shape index (κ1) is 16.1. The van der Waals surface area contributed by atoms with Gasteiger partial charge in [-0.1, -0.05) is 24.3 Å². The van der Waals surface area contributed by atoms with Crippen molar-refractivity contribution in [2.45, 2.75) is 32.0 Å². The molecule has 0 spiro atoms. The lowest BCUT2D eigenvalue weighted by molar-refractivity contribution is 0.160. The van der Waals surface area contributed by atoms with E-state index in [1.165, 1.54) is 11.1 Å². The smallest absolute Gasteiger partial charge is 0.0716 e. The molecule has 1 unspecified atom stereocenters. The fourth-order valence-electron chi connectivity index (χ4n) is 2.09. The number of nitrogens with one attached hydrogen (secondary N) is 1. The molecule has 0 aliphatic heterocycles. The predicted octanol–water partition coefficient (Wildman–Crippen LogP) is 1.68. The first-order valence-corrected chi connectivity index (χ1v) is 6.80. The largest absolute Gasteiger partial charge is 0.383 e. The lowest BCUT2D eigenvalue weighted by Gasteiger charge is -2.18. The van der Waals surface area contributed by atoms with E-state index in [1.54, 1.807) is 14.2 Å². The molecule has 0 amide bonds. The molecule has 0 bridgehead atoms. The Morgan fingerprint density at radius 2 is 1.89 bits per heavy atom. The summed E-state index contributed by atoms with van der Waals surface area (Å²) in [6.07, 6.45) is 2.05. The van der Waals surface area contributed by atoms with E-state index in [4.69, 9.17) is 15.2 Å². The summed E-state index contributed by atoms with van der Waals surface area (Å²) in [6.45, 7) is 2.92. The Balaban J connectivity index is 2.52. The van der Waals surface area contributed by atoms with Crippen LogP contribution in [0.5, 0.6) is 0 Å². The van der Waals surface area contributed by atoms with Gasteiger partial charge in [0.25, 0.3) is 0 Å². The molecule has 0 saturated carbocycles. The van der Waals surface area contributed by atoms with Crippen LogP contribution < -0.4 is 11.1 Å². The molecule has 4 heteroatoms. The molecule has 0 saturated heterocycles. The third-order valence-corrected chi connectivity index (χ3v) is 3.12. The monoisotopic (exact) mass is 266 g/mol. The van der Waals surface area contributed by atoms with Crippen LogP contribution in [0, 0.1) is 0 Å². The molecule has 1 aromatic carbocycles. The Morgan fingerprint density at radius 3 is 2.53 bits per heavy atom. The third kappa shape index (κ3) is 6.16. The summed E-state index contributed by atoms with van der Waals surface area (Å²) in [5.41, 5.74) is 8.06. The normalized spacial score (nSPS) is 12.6. The molecule has 0 radical (unpaired) electrons. The maximum Gasteiger partial charge on any atom is 0.0716 e. The zero-order valence-electron chi connectivity index (χ0n) is 12.0. The SMILES string of the molecule is COCc1ccccc1CNC(CCCN)COC. The maximum atomic E-state index is 5.56. The van der Waals surface area contributed by atoms with Gasteiger partial charge in [0.05, 0.1) is 13.2 Å². The van der Waals surface area contributed by atoms with E-state index in [-0.39, 0.29) is 0 Å². The van der Waals surface area contributed by atoms with E-state index in [0.717, 1.165) is 25.9 Å². The number of hydrogen-bond acceptors (Lipinski definition) is 4. The first-order valence-electron chi connectivity index (χ1n) is 6.80. The molecule has 0 aliphatic rings. The minimum absolute atomic E-state index is 0.351. The van der Waals surface area contributed by atoms with Gasteiger partial charge in [-0.05, 0) is 30.5 Å². The van der Waals surface area contributed by atoms with E-state index in [9.17, 15) is 0 Å². The van der Waals surface area contributed by atoms with Crippen LogP contribution in [0.25, 0.3) is 0 Å². The van der Waals surface area contributed by atoms with Gasteiger partial charge in [-0.25, -0.2) is 0 Å². The molecule has 0 heterocycles. The minimum atomic E-state index is 0.351. The van der Waals surface area contributed by atoms with Crippen molar-refractivity contribution in [3.63, 3.8) is 0 Å². The standard InChI is InChI=1S/C15H26N2O2/c1-18-11-14-7-4-3-6-13(14)10-17-15(12-19-2)8-5-9-16/h3-4,6-7,15,17H,5,8-12,16H2,1-2H3. The molecule has 0 aliphatic carbocycles. The van der Waals surface area contributed by atoms with Crippen molar-refractivity contribution in [2.75, 3.05) is 27.4 Å². The molecule has 0 fully saturated rings. The summed E-state index contributed by atoms with van der Waals surface area (Å²) in [7, 11) is 3.45. The average Bonchev–Trinajstić information content (AvgIpc) is 2.43. The molecule has 3 N–H and O–H groups in total. The Bertz CT molecular complexity index is 345. The minimum Gasteiger partial charge on any atom is -0.383 e. The molecular formula is C15H26N2O2. The lowest BCUT2D eigenvalue weighted by Crippen LogP contribution is -2.33. The Hall–Kier alpha value is -0.940. The molecule has 1 atom stereocenters. The highest BCUT2D eigenvalue weighted by molar-refractivity contribution is 5.26. The molecule has 108 valence electrons. The molecule has 1 aromatic rings. The highest BCUT2D eigenvalue weighted by Gasteiger charge is 2.08. The summed E-state index contributed by atoms with van der Waals surface area (Å²) in [5.74, 6) is 0. The second kappa shape index (κ2) is 9.92. The fraction of sp³-hybridized carbons (Fsp3) is 0.600.